The number of hydrogen-bond acceptors (Lipinski definition) is 0. The zero-order valence-electron chi connectivity index (χ0n) is 17.8. The minimum absolute atomic E-state index is 1.06. The Hall–Kier alpha value is 0.519. The van der Waals surface area contributed by atoms with Crippen LogP contribution in [0.3, 0.4) is 0 Å². The summed E-state index contributed by atoms with van der Waals surface area (Å²) < 4.78 is 5.32. The van der Waals surface area contributed by atoms with Crippen LogP contribution in [0.15, 0.2) is 0 Å². The Bertz CT molecular complexity index is 995. The molecule has 0 aromatic carbocycles. The third-order valence-corrected chi connectivity index (χ3v) is 67.3. The van der Waals surface area contributed by atoms with Crippen LogP contribution in [0.25, 0.3) is 0 Å². The van der Waals surface area contributed by atoms with Gasteiger partial charge in [0.25, 0.3) is 0 Å². The van der Waals surface area contributed by atoms with Crippen molar-refractivity contribution in [3.05, 3.63) is 0 Å². The molecule has 0 radical (unpaired) electrons. The maximum atomic E-state index is 2.57. The molecule has 10 heterocycles. The van der Waals surface area contributed by atoms with Gasteiger partial charge in [0.05, 0.1) is 0 Å². The first-order chi connectivity index (χ1) is 12.4. The third kappa shape index (κ3) is 0.161. The predicted molar refractivity (Wildman–Crippen MR) is 107 cm³/mol. The van der Waals surface area contributed by atoms with Crippen molar-refractivity contribution in [3.8, 4) is 0 Å². The van der Waals surface area contributed by atoms with Crippen LogP contribution in [-0.2, 0) is 6.51 Å². The summed E-state index contributed by atoms with van der Waals surface area (Å²) in [4.78, 5) is 7.30. The van der Waals surface area contributed by atoms with E-state index >= 15 is 0 Å². The molecule has 26 heavy (non-hydrogen) atoms. The predicted octanol–water partition coefficient (Wildman–Crippen LogP) is 9.23. The van der Waals surface area contributed by atoms with E-state index < -0.39 is 6.51 Å². The van der Waals surface area contributed by atoms with Crippen molar-refractivity contribution in [2.24, 2.45) is 0 Å². The van der Waals surface area contributed by atoms with E-state index in [-0.39, 0.29) is 0 Å². The standard InChI is InChI=1S/C20H35.C5H5.Fe/c1-6-11-16-17(12-7-2)19(14-9-4)20(15-10-5)18(16)13-8-3;1-2-4-5-3-1;/h6-15H2,1-5H3;1-5H;. The molecule has 1 spiro atoms. The molecule has 0 nitrogen and oxygen atoms in total. The van der Waals surface area contributed by atoms with Crippen LogP contribution in [-0.4, -0.2) is 0 Å². The average molecular weight is 396 g/mol. The van der Waals surface area contributed by atoms with E-state index in [2.05, 4.69) is 34.6 Å². The zero-order chi connectivity index (χ0) is 17.8. The first-order valence-electron chi connectivity index (χ1n) is 12.6. The second kappa shape index (κ2) is 1.52. The molecule has 0 aromatic heterocycles. The van der Waals surface area contributed by atoms with Crippen LogP contribution in [0.2, 0.25) is 45.6 Å². The molecule has 148 valence electrons. The van der Waals surface area contributed by atoms with Crippen LogP contribution in [0.1, 0.15) is 98.8 Å². The second-order valence-corrected chi connectivity index (χ2v) is 37.2. The average Bonchev–Trinajstić information content (AvgIpc) is 3.57. The molecule has 10 aliphatic heterocycles. The van der Waals surface area contributed by atoms with E-state index in [1.807, 2.05) is 0 Å². The summed E-state index contributed by atoms with van der Waals surface area (Å²) in [6.07, 6.45) is 16.3. The van der Waals surface area contributed by atoms with E-state index in [1.54, 1.807) is 32.1 Å². The Balaban J connectivity index is 1.48. The summed E-state index contributed by atoms with van der Waals surface area (Å²) in [6.45, 7) is 9.31. The van der Waals surface area contributed by atoms with Crippen LogP contribution in [0.5, 0.6) is 0 Å². The van der Waals surface area contributed by atoms with E-state index in [9.17, 15) is 0 Å². The van der Waals surface area contributed by atoms with E-state index in [4.69, 9.17) is 0 Å². The van der Waals surface area contributed by atoms with Crippen LogP contribution >= 0.6 is 0 Å². The van der Waals surface area contributed by atoms with Crippen molar-refractivity contribution in [2.45, 2.75) is 144 Å². The number of fused-ring (bicyclic) bond motifs is 10. The van der Waals surface area contributed by atoms with Gasteiger partial charge in [0.2, 0.25) is 0 Å². The van der Waals surface area contributed by atoms with Gasteiger partial charge in [-0.3, -0.25) is 0 Å². The van der Waals surface area contributed by atoms with Gasteiger partial charge in [0, 0.05) is 0 Å². The molecule has 0 aliphatic carbocycles. The van der Waals surface area contributed by atoms with Crippen molar-refractivity contribution < 1.29 is 6.51 Å². The summed E-state index contributed by atoms with van der Waals surface area (Å²) in [5.74, 6) is 0. The SMILES string of the molecule is CCC[C]12[C]3(CCC)[C]4(CCC)[C]5(CCC)[C]1(CCC)[Fe]23451678[CH]2[CH]1[CH]6[CH]7[CH]28. The van der Waals surface area contributed by atoms with Gasteiger partial charge in [0.1, 0.15) is 0 Å². The molecule has 0 aromatic rings. The second-order valence-electron chi connectivity index (χ2n) is 14.4. The fourth-order valence-corrected chi connectivity index (χ4v) is 113. The molecule has 0 saturated carbocycles. The molecule has 0 unspecified atom stereocenters. The first-order valence-corrected chi connectivity index (χ1v) is 18.6. The quantitative estimate of drug-likeness (QED) is 0.323. The van der Waals surface area contributed by atoms with E-state index in [0.29, 0.717) is 0 Å². The molecule has 0 amide bonds. The Kier molecular flexibility index (Phi) is 0.799. The molecule has 10 saturated heterocycles. The molecule has 0 bridgehead atoms. The van der Waals surface area contributed by atoms with Gasteiger partial charge in [-0.25, -0.2) is 0 Å². The van der Waals surface area contributed by atoms with Gasteiger partial charge in [-0.2, -0.15) is 0 Å². The summed E-state index contributed by atoms with van der Waals surface area (Å²) in [5.41, 5.74) is 0. The van der Waals surface area contributed by atoms with E-state index in [1.165, 1.54) is 56.2 Å². The fraction of sp³-hybridized carbons (Fsp3) is 1.00. The van der Waals surface area contributed by atoms with Crippen LogP contribution < -0.4 is 0 Å². The molecule has 10 fully saturated rings. The van der Waals surface area contributed by atoms with Crippen molar-refractivity contribution in [1.29, 1.82) is 0 Å². The Labute approximate surface area is 150 Å². The summed E-state index contributed by atoms with van der Waals surface area (Å²) >= 11 is 0. The Morgan fingerprint density at radius 2 is 0.615 bits per heavy atom. The molecule has 1 heteroatoms. The van der Waals surface area contributed by atoms with Crippen LogP contribution in [0, 0.1) is 0 Å². The summed E-state index contributed by atoms with van der Waals surface area (Å²) in [5, 5.41) is 0. The monoisotopic (exact) mass is 396 g/mol. The van der Waals surface area contributed by atoms with Gasteiger partial charge >= 0.3 is 151 Å². The van der Waals surface area contributed by atoms with Crippen LogP contribution in [0.4, 0.5) is 0 Å². The molecule has 10 rings (SSSR count). The van der Waals surface area contributed by atoms with Crippen molar-refractivity contribution >= 4 is 0 Å². The van der Waals surface area contributed by atoms with Gasteiger partial charge in [-0.1, -0.05) is 0 Å². The first kappa shape index (κ1) is 13.7. The molecule has 10 aliphatic rings. The topological polar surface area (TPSA) is 0 Å². The van der Waals surface area contributed by atoms with Gasteiger partial charge in [-0.15, -0.1) is 0 Å². The number of rotatable bonds is 10. The molecular weight excluding hydrogens is 356 g/mol. The maximum absolute atomic E-state index is 3.56. The molecular formula is C25H40Fe. The van der Waals surface area contributed by atoms with Gasteiger partial charge < -0.3 is 0 Å². The summed E-state index contributed by atoms with van der Waals surface area (Å²) in [6, 6.07) is 0. The van der Waals surface area contributed by atoms with Gasteiger partial charge in [0.15, 0.2) is 0 Å². The zero-order valence-corrected chi connectivity index (χ0v) is 18.9. The van der Waals surface area contributed by atoms with E-state index in [0.717, 1.165) is 21.6 Å². The third-order valence-electron chi connectivity index (χ3n) is 20.0. The molecule has 0 N–H and O–H groups in total. The summed E-state index contributed by atoms with van der Waals surface area (Å²) in [7, 11) is 0. The van der Waals surface area contributed by atoms with Crippen molar-refractivity contribution in [1.82, 2.24) is 0 Å². The Morgan fingerprint density at radius 3 is 0.731 bits per heavy atom. The minimum atomic E-state index is -3.56. The fourth-order valence-electron chi connectivity index (χ4n) is 25.6. The van der Waals surface area contributed by atoms with Gasteiger partial charge in [-0.05, 0) is 0 Å². The number of hydrogen-bond donors (Lipinski definition) is 0. The normalized spacial score (nSPS) is 93.7. The van der Waals surface area contributed by atoms with Crippen molar-refractivity contribution in [2.75, 3.05) is 0 Å². The molecule has 0 atom stereocenters. The van der Waals surface area contributed by atoms with Crippen molar-refractivity contribution in [3.63, 3.8) is 0 Å². The Morgan fingerprint density at radius 1 is 0.423 bits per heavy atom.